The maximum absolute atomic E-state index is 12.2. The third-order valence-corrected chi connectivity index (χ3v) is 4.73. The molecule has 1 aromatic heterocycles. The van der Waals surface area contributed by atoms with Crippen molar-refractivity contribution in [1.82, 2.24) is 20.0 Å². The molecule has 1 saturated heterocycles. The van der Waals surface area contributed by atoms with Crippen molar-refractivity contribution in [2.24, 2.45) is 0 Å². The molecule has 0 saturated carbocycles. The van der Waals surface area contributed by atoms with E-state index in [4.69, 9.17) is 4.74 Å². The lowest BCUT2D eigenvalue weighted by Gasteiger charge is -2.34. The van der Waals surface area contributed by atoms with Crippen molar-refractivity contribution in [2.45, 2.75) is 39.9 Å². The van der Waals surface area contributed by atoms with Gasteiger partial charge in [-0.1, -0.05) is 0 Å². The van der Waals surface area contributed by atoms with Crippen molar-refractivity contribution >= 4 is 21.8 Å². The Kier molecular flexibility index (Phi) is 5.78. The van der Waals surface area contributed by atoms with E-state index in [2.05, 4.69) is 38.2 Å². The first kappa shape index (κ1) is 16.5. The molecule has 1 N–H and O–H groups in total. The lowest BCUT2D eigenvalue weighted by molar-refractivity contribution is -0.132. The fraction of sp³-hybridized carbons (Fsp3) is 0.714. The third-order valence-electron chi connectivity index (χ3n) is 3.70. The Morgan fingerprint density at radius 1 is 1.52 bits per heavy atom. The zero-order chi connectivity index (χ0) is 15.4. The van der Waals surface area contributed by atoms with Gasteiger partial charge in [-0.3, -0.25) is 14.4 Å². The lowest BCUT2D eigenvalue weighted by Crippen LogP contribution is -2.53. The molecule has 1 aliphatic heterocycles. The number of morpholine rings is 1. The Balaban J connectivity index is 2.17. The van der Waals surface area contributed by atoms with Crippen LogP contribution in [0.4, 0.5) is 0 Å². The van der Waals surface area contributed by atoms with Crippen molar-refractivity contribution < 1.29 is 9.53 Å². The van der Waals surface area contributed by atoms with Gasteiger partial charge in [0.25, 0.3) is 0 Å². The molecule has 1 fully saturated rings. The molecule has 7 heteroatoms. The normalized spacial score (nSPS) is 19.7. The van der Waals surface area contributed by atoms with Crippen molar-refractivity contribution in [3.63, 3.8) is 0 Å². The first-order valence-corrected chi connectivity index (χ1v) is 8.19. The van der Waals surface area contributed by atoms with Crippen LogP contribution in [-0.2, 0) is 22.6 Å². The van der Waals surface area contributed by atoms with E-state index in [0.717, 1.165) is 29.0 Å². The highest BCUT2D eigenvalue weighted by Gasteiger charge is 2.30. The Morgan fingerprint density at radius 2 is 2.29 bits per heavy atom. The van der Waals surface area contributed by atoms with Crippen LogP contribution in [0.1, 0.15) is 25.2 Å². The molecule has 2 heterocycles. The van der Waals surface area contributed by atoms with E-state index >= 15 is 0 Å². The van der Waals surface area contributed by atoms with Crippen LogP contribution in [0.2, 0.25) is 0 Å². The van der Waals surface area contributed by atoms with Gasteiger partial charge in [-0.25, -0.2) is 0 Å². The van der Waals surface area contributed by atoms with Gasteiger partial charge in [0.05, 0.1) is 29.1 Å². The van der Waals surface area contributed by atoms with Crippen LogP contribution in [0, 0.1) is 6.92 Å². The van der Waals surface area contributed by atoms with Crippen LogP contribution >= 0.6 is 15.9 Å². The lowest BCUT2D eigenvalue weighted by atomic mass is 10.2. The molecule has 0 aliphatic carbocycles. The highest BCUT2D eigenvalue weighted by molar-refractivity contribution is 9.10. The summed E-state index contributed by atoms with van der Waals surface area (Å²) < 4.78 is 8.50. The predicted octanol–water partition coefficient (Wildman–Crippen LogP) is 1.31. The molecular formula is C14H23BrN4O2. The summed E-state index contributed by atoms with van der Waals surface area (Å²) in [6, 6.07) is -0.230. The van der Waals surface area contributed by atoms with E-state index < -0.39 is 0 Å². The van der Waals surface area contributed by atoms with Gasteiger partial charge in [-0.05, 0) is 36.7 Å². The molecule has 0 radical (unpaired) electrons. The Labute approximate surface area is 133 Å². The van der Waals surface area contributed by atoms with Gasteiger partial charge in [-0.15, -0.1) is 0 Å². The summed E-state index contributed by atoms with van der Waals surface area (Å²) in [6.07, 6.45) is 0. The van der Waals surface area contributed by atoms with Crippen molar-refractivity contribution in [2.75, 3.05) is 26.3 Å². The second kappa shape index (κ2) is 7.38. The minimum absolute atomic E-state index is 0.0348. The number of amides is 1. The van der Waals surface area contributed by atoms with Crippen molar-refractivity contribution in [1.29, 1.82) is 0 Å². The number of nitrogens with one attached hydrogen (secondary N) is 1. The number of rotatable bonds is 5. The summed E-state index contributed by atoms with van der Waals surface area (Å²) >= 11 is 3.61. The number of nitrogens with zero attached hydrogens (tertiary/aromatic N) is 3. The molecule has 21 heavy (non-hydrogen) atoms. The van der Waals surface area contributed by atoms with E-state index in [1.165, 1.54) is 0 Å². The number of likely N-dealkylation sites (N-methyl/N-ethyl adjacent to an activating group) is 1. The highest BCUT2D eigenvalue weighted by Crippen LogP contribution is 2.24. The molecule has 0 aromatic carbocycles. The molecule has 2 rings (SSSR count). The molecule has 0 bridgehead atoms. The maximum atomic E-state index is 12.2. The minimum Gasteiger partial charge on any atom is -0.378 e. The molecule has 1 unspecified atom stereocenters. The Morgan fingerprint density at radius 3 is 2.95 bits per heavy atom. The predicted molar refractivity (Wildman–Crippen MR) is 84.0 cm³/mol. The van der Waals surface area contributed by atoms with Gasteiger partial charge >= 0.3 is 0 Å². The van der Waals surface area contributed by atoms with Crippen LogP contribution in [0.5, 0.6) is 0 Å². The smallest absolute Gasteiger partial charge is 0.239 e. The quantitative estimate of drug-likeness (QED) is 0.861. The summed E-state index contributed by atoms with van der Waals surface area (Å²) in [6.45, 7) is 10.00. The number of aryl methyl sites for hydroxylation is 2. The van der Waals surface area contributed by atoms with Crippen LogP contribution in [0.15, 0.2) is 4.47 Å². The average Bonchev–Trinajstić information content (AvgIpc) is 2.76. The van der Waals surface area contributed by atoms with Gasteiger partial charge in [0.2, 0.25) is 5.91 Å². The van der Waals surface area contributed by atoms with Crippen molar-refractivity contribution in [3.8, 4) is 0 Å². The summed E-state index contributed by atoms with van der Waals surface area (Å²) in [4.78, 5) is 14.3. The van der Waals surface area contributed by atoms with Gasteiger partial charge in [0.15, 0.2) is 0 Å². The maximum Gasteiger partial charge on any atom is 0.239 e. The molecule has 1 aliphatic rings. The first-order chi connectivity index (χ1) is 10.1. The monoisotopic (exact) mass is 358 g/mol. The molecule has 1 amide bonds. The largest absolute Gasteiger partial charge is 0.378 e. The van der Waals surface area contributed by atoms with Gasteiger partial charge in [0, 0.05) is 26.2 Å². The van der Waals surface area contributed by atoms with Crippen LogP contribution in [-0.4, -0.2) is 52.9 Å². The SMILES string of the molecule is CCNC(=O)C1COCCN1Cc1c(Br)c(C)nn1CC. The second-order valence-electron chi connectivity index (χ2n) is 5.12. The zero-order valence-corrected chi connectivity index (χ0v) is 14.4. The average molecular weight is 359 g/mol. The van der Waals surface area contributed by atoms with Gasteiger partial charge < -0.3 is 10.1 Å². The highest BCUT2D eigenvalue weighted by atomic mass is 79.9. The number of carbonyl (C=O) groups is 1. The number of hydrogen-bond donors (Lipinski definition) is 1. The fourth-order valence-corrected chi connectivity index (χ4v) is 2.98. The summed E-state index contributed by atoms with van der Waals surface area (Å²) in [5, 5.41) is 7.40. The molecule has 0 spiro atoms. The van der Waals surface area contributed by atoms with E-state index in [-0.39, 0.29) is 11.9 Å². The Bertz CT molecular complexity index is 503. The van der Waals surface area contributed by atoms with Gasteiger partial charge in [-0.2, -0.15) is 5.10 Å². The molecular weight excluding hydrogens is 336 g/mol. The minimum atomic E-state index is -0.230. The van der Waals surface area contributed by atoms with E-state index in [0.29, 0.717) is 26.3 Å². The first-order valence-electron chi connectivity index (χ1n) is 7.39. The molecule has 1 aromatic rings. The summed E-state index contributed by atoms with van der Waals surface area (Å²) in [5.74, 6) is 0.0348. The van der Waals surface area contributed by atoms with Crippen LogP contribution in [0.3, 0.4) is 0 Å². The van der Waals surface area contributed by atoms with Crippen LogP contribution < -0.4 is 5.32 Å². The number of aromatic nitrogens is 2. The third kappa shape index (κ3) is 3.64. The number of hydrogen-bond acceptors (Lipinski definition) is 4. The van der Waals surface area contributed by atoms with Crippen molar-refractivity contribution in [3.05, 3.63) is 15.9 Å². The molecule has 118 valence electrons. The standard InChI is InChI=1S/C14H23BrN4O2/c1-4-16-14(20)12-9-21-7-6-18(12)8-11-13(15)10(3)17-19(11)5-2/h12H,4-9H2,1-3H3,(H,16,20). The number of ether oxygens (including phenoxy) is 1. The number of carbonyl (C=O) groups excluding carboxylic acids is 1. The summed E-state index contributed by atoms with van der Waals surface area (Å²) in [5.41, 5.74) is 2.10. The number of halogens is 1. The van der Waals surface area contributed by atoms with Crippen LogP contribution in [0.25, 0.3) is 0 Å². The van der Waals surface area contributed by atoms with E-state index in [1.807, 2.05) is 18.5 Å². The molecule has 6 nitrogen and oxygen atoms in total. The van der Waals surface area contributed by atoms with E-state index in [1.54, 1.807) is 0 Å². The topological polar surface area (TPSA) is 59.4 Å². The Hall–Kier alpha value is -0.920. The molecule has 1 atom stereocenters. The van der Waals surface area contributed by atoms with Gasteiger partial charge in [0.1, 0.15) is 6.04 Å². The second-order valence-corrected chi connectivity index (χ2v) is 5.91. The summed E-state index contributed by atoms with van der Waals surface area (Å²) in [7, 11) is 0. The fourth-order valence-electron chi connectivity index (χ4n) is 2.57. The van der Waals surface area contributed by atoms with E-state index in [9.17, 15) is 4.79 Å². The zero-order valence-electron chi connectivity index (χ0n) is 12.9.